The Hall–Kier alpha value is -2.08. The molecule has 2 N–H and O–H groups in total. The topological polar surface area (TPSA) is 61.5 Å². The average molecular weight is 354 g/mol. The van der Waals surface area contributed by atoms with Crippen LogP contribution in [0.15, 0.2) is 40.9 Å². The number of primary amides is 1. The van der Waals surface area contributed by atoms with Crippen LogP contribution in [0.4, 0.5) is 4.39 Å². The van der Waals surface area contributed by atoms with Crippen molar-refractivity contribution in [1.29, 1.82) is 0 Å². The van der Waals surface area contributed by atoms with E-state index in [9.17, 15) is 9.18 Å². The van der Waals surface area contributed by atoms with E-state index in [0.717, 1.165) is 5.56 Å². The molecular formula is C15H13BrFNO3. The van der Waals surface area contributed by atoms with Crippen LogP contribution in [-0.2, 0) is 6.61 Å². The third kappa shape index (κ3) is 3.52. The number of amides is 1. The van der Waals surface area contributed by atoms with E-state index in [1.807, 2.05) is 0 Å². The Balaban J connectivity index is 2.26. The summed E-state index contributed by atoms with van der Waals surface area (Å²) >= 11 is 3.11. The molecule has 1 amide bonds. The summed E-state index contributed by atoms with van der Waals surface area (Å²) in [6.45, 7) is 0.152. The maximum absolute atomic E-state index is 13.2. The molecule has 110 valence electrons. The SMILES string of the molecule is COc1cccc(C(N)=O)c1OCc1ccc(F)c(Br)c1. The zero-order valence-corrected chi connectivity index (χ0v) is 12.8. The molecule has 0 aliphatic carbocycles. The predicted molar refractivity (Wildman–Crippen MR) is 79.9 cm³/mol. The molecule has 2 rings (SSSR count). The van der Waals surface area contributed by atoms with E-state index >= 15 is 0 Å². The number of carbonyl (C=O) groups is 1. The number of para-hydroxylation sites is 1. The Bertz CT molecular complexity index is 676. The summed E-state index contributed by atoms with van der Waals surface area (Å²) in [5.41, 5.74) is 6.29. The summed E-state index contributed by atoms with van der Waals surface area (Å²) in [5.74, 6) is -0.279. The smallest absolute Gasteiger partial charge is 0.252 e. The van der Waals surface area contributed by atoms with Crippen LogP contribution in [0.25, 0.3) is 0 Å². The molecule has 0 aliphatic rings. The summed E-state index contributed by atoms with van der Waals surface area (Å²) in [4.78, 5) is 11.4. The second-order valence-electron chi connectivity index (χ2n) is 4.24. The van der Waals surface area contributed by atoms with Gasteiger partial charge >= 0.3 is 0 Å². The molecule has 0 spiro atoms. The van der Waals surface area contributed by atoms with E-state index in [0.29, 0.717) is 10.2 Å². The van der Waals surface area contributed by atoms with E-state index in [4.69, 9.17) is 15.2 Å². The van der Waals surface area contributed by atoms with Gasteiger partial charge in [-0.15, -0.1) is 0 Å². The zero-order valence-electron chi connectivity index (χ0n) is 11.2. The van der Waals surface area contributed by atoms with Crippen molar-refractivity contribution in [3.63, 3.8) is 0 Å². The van der Waals surface area contributed by atoms with Gasteiger partial charge in [-0.25, -0.2) is 4.39 Å². The molecule has 6 heteroatoms. The van der Waals surface area contributed by atoms with Crippen LogP contribution in [0.1, 0.15) is 15.9 Å². The second kappa shape index (κ2) is 6.58. The van der Waals surface area contributed by atoms with Gasteiger partial charge in [0.25, 0.3) is 5.91 Å². The summed E-state index contributed by atoms with van der Waals surface area (Å²) < 4.78 is 24.3. The van der Waals surface area contributed by atoms with E-state index in [-0.39, 0.29) is 23.7 Å². The monoisotopic (exact) mass is 353 g/mol. The van der Waals surface area contributed by atoms with Crippen LogP contribution in [0.2, 0.25) is 0 Å². The van der Waals surface area contributed by atoms with Crippen molar-refractivity contribution in [3.8, 4) is 11.5 Å². The Morgan fingerprint density at radius 2 is 2.10 bits per heavy atom. The van der Waals surface area contributed by atoms with Crippen molar-refractivity contribution in [3.05, 3.63) is 57.8 Å². The van der Waals surface area contributed by atoms with Gasteiger partial charge in [0.2, 0.25) is 0 Å². The lowest BCUT2D eigenvalue weighted by Crippen LogP contribution is -2.13. The Kier molecular flexibility index (Phi) is 4.80. The predicted octanol–water partition coefficient (Wildman–Crippen LogP) is 3.27. The Labute approximate surface area is 129 Å². The quantitative estimate of drug-likeness (QED) is 0.897. The molecule has 0 bridgehead atoms. The Morgan fingerprint density at radius 1 is 1.33 bits per heavy atom. The number of ether oxygens (including phenoxy) is 2. The number of hydrogen-bond donors (Lipinski definition) is 1. The number of hydrogen-bond acceptors (Lipinski definition) is 3. The van der Waals surface area contributed by atoms with Crippen molar-refractivity contribution >= 4 is 21.8 Å². The zero-order chi connectivity index (χ0) is 15.4. The summed E-state index contributed by atoms with van der Waals surface area (Å²) in [5, 5.41) is 0. The van der Waals surface area contributed by atoms with Crippen LogP contribution in [-0.4, -0.2) is 13.0 Å². The van der Waals surface area contributed by atoms with Crippen molar-refractivity contribution in [2.45, 2.75) is 6.61 Å². The molecule has 0 aliphatic heterocycles. The van der Waals surface area contributed by atoms with Gasteiger partial charge in [0, 0.05) is 0 Å². The first-order valence-electron chi connectivity index (χ1n) is 6.06. The normalized spacial score (nSPS) is 10.2. The highest BCUT2D eigenvalue weighted by atomic mass is 79.9. The molecule has 21 heavy (non-hydrogen) atoms. The van der Waals surface area contributed by atoms with Crippen LogP contribution < -0.4 is 15.2 Å². The average Bonchev–Trinajstić information content (AvgIpc) is 2.48. The highest BCUT2D eigenvalue weighted by Crippen LogP contribution is 2.31. The molecule has 4 nitrogen and oxygen atoms in total. The molecule has 0 fully saturated rings. The second-order valence-corrected chi connectivity index (χ2v) is 5.09. The molecule has 2 aromatic rings. The van der Waals surface area contributed by atoms with Gasteiger partial charge in [-0.2, -0.15) is 0 Å². The Morgan fingerprint density at radius 3 is 2.71 bits per heavy atom. The largest absolute Gasteiger partial charge is 0.493 e. The summed E-state index contributed by atoms with van der Waals surface area (Å²) in [7, 11) is 1.47. The maximum atomic E-state index is 13.2. The number of halogens is 2. The third-order valence-electron chi connectivity index (χ3n) is 2.83. The van der Waals surface area contributed by atoms with E-state index in [2.05, 4.69) is 15.9 Å². The highest BCUT2D eigenvalue weighted by Gasteiger charge is 2.15. The molecule has 0 radical (unpaired) electrons. The fraction of sp³-hybridized carbons (Fsp3) is 0.133. The fourth-order valence-electron chi connectivity index (χ4n) is 1.80. The van der Waals surface area contributed by atoms with E-state index < -0.39 is 5.91 Å². The minimum absolute atomic E-state index is 0.152. The minimum Gasteiger partial charge on any atom is -0.493 e. The molecule has 0 heterocycles. The van der Waals surface area contributed by atoms with Crippen LogP contribution >= 0.6 is 15.9 Å². The van der Waals surface area contributed by atoms with Crippen molar-refractivity contribution in [2.24, 2.45) is 5.73 Å². The minimum atomic E-state index is -0.607. The van der Waals surface area contributed by atoms with Crippen molar-refractivity contribution in [2.75, 3.05) is 7.11 Å². The van der Waals surface area contributed by atoms with Crippen LogP contribution in [0.5, 0.6) is 11.5 Å². The van der Waals surface area contributed by atoms with Crippen LogP contribution in [0.3, 0.4) is 0 Å². The number of methoxy groups -OCH3 is 1. The number of benzene rings is 2. The maximum Gasteiger partial charge on any atom is 0.252 e. The summed E-state index contributed by atoms with van der Waals surface area (Å²) in [6.07, 6.45) is 0. The van der Waals surface area contributed by atoms with Gasteiger partial charge in [-0.05, 0) is 45.8 Å². The standard InChI is InChI=1S/C15H13BrFNO3/c1-20-13-4-2-3-10(15(18)19)14(13)21-8-9-5-6-12(17)11(16)7-9/h2-7H,8H2,1H3,(H2,18,19). The van der Waals surface area contributed by atoms with E-state index in [1.54, 1.807) is 30.3 Å². The first-order chi connectivity index (χ1) is 10.0. The third-order valence-corrected chi connectivity index (χ3v) is 3.44. The number of rotatable bonds is 5. The van der Waals surface area contributed by atoms with Crippen molar-refractivity contribution < 1.29 is 18.7 Å². The molecule has 2 aromatic carbocycles. The molecule has 0 aromatic heterocycles. The van der Waals surface area contributed by atoms with Gasteiger partial charge < -0.3 is 15.2 Å². The van der Waals surface area contributed by atoms with Gasteiger partial charge in [0.05, 0.1) is 17.1 Å². The first kappa shape index (κ1) is 15.3. The van der Waals surface area contributed by atoms with Gasteiger partial charge in [-0.1, -0.05) is 12.1 Å². The van der Waals surface area contributed by atoms with Gasteiger partial charge in [-0.3, -0.25) is 4.79 Å². The molecular weight excluding hydrogens is 341 g/mol. The first-order valence-corrected chi connectivity index (χ1v) is 6.85. The molecule has 0 atom stereocenters. The van der Waals surface area contributed by atoms with E-state index in [1.165, 1.54) is 13.2 Å². The lowest BCUT2D eigenvalue weighted by Gasteiger charge is -2.13. The molecule has 0 saturated heterocycles. The lowest BCUT2D eigenvalue weighted by atomic mass is 10.1. The fourth-order valence-corrected chi connectivity index (χ4v) is 2.23. The molecule has 0 unspecified atom stereocenters. The highest BCUT2D eigenvalue weighted by molar-refractivity contribution is 9.10. The van der Waals surface area contributed by atoms with Crippen LogP contribution in [0, 0.1) is 5.82 Å². The number of nitrogens with two attached hydrogens (primary N) is 1. The van der Waals surface area contributed by atoms with Gasteiger partial charge in [0.1, 0.15) is 12.4 Å². The lowest BCUT2D eigenvalue weighted by molar-refractivity contribution is 0.0995. The molecule has 0 saturated carbocycles. The van der Waals surface area contributed by atoms with Gasteiger partial charge in [0.15, 0.2) is 11.5 Å². The number of carbonyl (C=O) groups excluding carboxylic acids is 1. The van der Waals surface area contributed by atoms with Crippen molar-refractivity contribution in [1.82, 2.24) is 0 Å². The summed E-state index contributed by atoms with van der Waals surface area (Å²) in [6, 6.07) is 9.41.